The highest BCUT2D eigenvalue weighted by Crippen LogP contribution is 2.50. The van der Waals surface area contributed by atoms with Gasteiger partial charge < -0.3 is 8.83 Å². The minimum absolute atomic E-state index is 0.0492. The second-order valence-electron chi connectivity index (χ2n) is 16.3. The van der Waals surface area contributed by atoms with Crippen molar-refractivity contribution in [2.45, 2.75) is 19.3 Å². The number of furan rings is 2. The first-order valence-electron chi connectivity index (χ1n) is 20.3. The van der Waals surface area contributed by atoms with Crippen LogP contribution >= 0.6 is 11.3 Å². The maximum absolute atomic E-state index is 6.58. The average Bonchev–Trinajstić information content (AvgIpc) is 4.03. The number of aromatic nitrogens is 3. The lowest BCUT2D eigenvalue weighted by Gasteiger charge is -2.21. The van der Waals surface area contributed by atoms with Crippen molar-refractivity contribution in [3.8, 4) is 56.4 Å². The maximum Gasteiger partial charge on any atom is 0.164 e. The zero-order chi connectivity index (χ0) is 39.7. The Morgan fingerprint density at radius 3 is 1.83 bits per heavy atom. The Morgan fingerprint density at radius 1 is 0.383 bits per heavy atom. The fourth-order valence-electron chi connectivity index (χ4n) is 9.66. The highest BCUT2D eigenvalue weighted by atomic mass is 32.1. The fourth-order valence-corrected chi connectivity index (χ4v) is 10.8. The van der Waals surface area contributed by atoms with E-state index in [2.05, 4.69) is 135 Å². The van der Waals surface area contributed by atoms with Crippen molar-refractivity contribution in [2.24, 2.45) is 0 Å². The molecule has 1 aliphatic carbocycles. The maximum atomic E-state index is 6.58. The molecule has 0 fully saturated rings. The third-order valence-corrected chi connectivity index (χ3v) is 13.7. The van der Waals surface area contributed by atoms with E-state index in [1.165, 1.54) is 37.0 Å². The molecule has 0 bridgehead atoms. The third kappa shape index (κ3) is 4.82. The van der Waals surface area contributed by atoms with Crippen molar-refractivity contribution in [1.82, 2.24) is 15.0 Å². The van der Waals surface area contributed by atoms with Crippen LogP contribution in [0.2, 0.25) is 0 Å². The van der Waals surface area contributed by atoms with E-state index in [1.54, 1.807) is 11.3 Å². The molecule has 4 aromatic heterocycles. The molecule has 0 radical (unpaired) electrons. The normalized spacial score (nSPS) is 13.3. The smallest absolute Gasteiger partial charge is 0.164 e. The number of hydrogen-bond donors (Lipinski definition) is 0. The van der Waals surface area contributed by atoms with Gasteiger partial charge in [-0.3, -0.25) is 0 Å². The summed E-state index contributed by atoms with van der Waals surface area (Å²) in [6.45, 7) is 4.64. The van der Waals surface area contributed by atoms with Crippen LogP contribution in [0.25, 0.3) is 120 Å². The molecule has 0 aliphatic heterocycles. The number of hydrogen-bond acceptors (Lipinski definition) is 6. The summed E-state index contributed by atoms with van der Waals surface area (Å²) < 4.78 is 15.2. The second-order valence-corrected chi connectivity index (χ2v) is 17.4. The number of para-hydroxylation sites is 1. The fraction of sp³-hybridized carbons (Fsp3) is 0.0556. The van der Waals surface area contributed by atoms with Crippen molar-refractivity contribution in [3.63, 3.8) is 0 Å². The zero-order valence-electron chi connectivity index (χ0n) is 32.7. The van der Waals surface area contributed by atoms with E-state index < -0.39 is 0 Å². The van der Waals surface area contributed by atoms with Crippen molar-refractivity contribution in [2.75, 3.05) is 0 Å². The summed E-state index contributed by atoms with van der Waals surface area (Å²) >= 11 is 1.79. The van der Waals surface area contributed by atoms with Crippen LogP contribution in [0.5, 0.6) is 0 Å². The van der Waals surface area contributed by atoms with Gasteiger partial charge in [0.1, 0.15) is 22.3 Å². The van der Waals surface area contributed by atoms with Crippen molar-refractivity contribution in [1.29, 1.82) is 0 Å². The Bertz CT molecular complexity index is 3770. The Hall–Kier alpha value is -7.41. The molecule has 12 aromatic rings. The van der Waals surface area contributed by atoms with Crippen molar-refractivity contribution < 1.29 is 8.83 Å². The van der Waals surface area contributed by atoms with Gasteiger partial charge in [0.2, 0.25) is 0 Å². The predicted molar refractivity (Wildman–Crippen MR) is 247 cm³/mol. The summed E-state index contributed by atoms with van der Waals surface area (Å²) in [5.74, 6) is 1.79. The van der Waals surface area contributed by atoms with Crippen molar-refractivity contribution in [3.05, 3.63) is 175 Å². The number of rotatable bonds is 4. The van der Waals surface area contributed by atoms with Crippen LogP contribution in [0.3, 0.4) is 0 Å². The molecule has 60 heavy (non-hydrogen) atoms. The van der Waals surface area contributed by atoms with E-state index in [1.807, 2.05) is 42.5 Å². The van der Waals surface area contributed by atoms with Crippen molar-refractivity contribution >= 4 is 75.4 Å². The molecule has 282 valence electrons. The summed E-state index contributed by atoms with van der Waals surface area (Å²) in [4.78, 5) is 15.9. The Balaban J connectivity index is 1.03. The van der Waals surface area contributed by atoms with Crippen LogP contribution in [0.1, 0.15) is 25.0 Å². The molecule has 6 heteroatoms. The number of benzene rings is 8. The molecular weight excluding hydrogens is 755 g/mol. The monoisotopic (exact) mass is 787 g/mol. The molecule has 13 rings (SSSR count). The Morgan fingerprint density at radius 2 is 0.950 bits per heavy atom. The van der Waals surface area contributed by atoms with Gasteiger partial charge in [-0.1, -0.05) is 117 Å². The van der Waals surface area contributed by atoms with Crippen LogP contribution in [-0.2, 0) is 5.41 Å². The van der Waals surface area contributed by atoms with Gasteiger partial charge in [-0.25, -0.2) is 15.0 Å². The summed E-state index contributed by atoms with van der Waals surface area (Å²) in [5, 5.41) is 6.40. The number of nitrogens with zero attached hydrogens (tertiary/aromatic N) is 3. The van der Waals surface area contributed by atoms with E-state index in [0.29, 0.717) is 17.5 Å². The van der Waals surface area contributed by atoms with Gasteiger partial charge in [-0.15, -0.1) is 11.3 Å². The summed E-state index contributed by atoms with van der Waals surface area (Å²) in [6, 6.07) is 57.7. The lowest BCUT2D eigenvalue weighted by atomic mass is 9.82. The number of fused-ring (bicyclic) bond motifs is 12. The molecule has 4 heterocycles. The molecule has 5 nitrogen and oxygen atoms in total. The average molecular weight is 788 g/mol. The van der Waals surface area contributed by atoms with E-state index in [0.717, 1.165) is 77.1 Å². The SMILES string of the molecule is CC1(C)c2ccccc2-c2cc(-c3ccc4oc5cccc(-c6nc(-c7ccc8oc9ccccc9c8c7)nc(-c7cccc8sc9ccccc9c78)n6)c5c4c3)ccc21. The summed E-state index contributed by atoms with van der Waals surface area (Å²) in [6.07, 6.45) is 0. The molecule has 0 saturated carbocycles. The van der Waals surface area contributed by atoms with Crippen LogP contribution in [0.15, 0.2) is 173 Å². The third-order valence-electron chi connectivity index (χ3n) is 12.6. The van der Waals surface area contributed by atoms with Crippen LogP contribution < -0.4 is 0 Å². The molecule has 0 amide bonds. The lowest BCUT2D eigenvalue weighted by Crippen LogP contribution is -2.14. The summed E-state index contributed by atoms with van der Waals surface area (Å²) in [5.41, 5.74) is 13.6. The lowest BCUT2D eigenvalue weighted by molar-refractivity contribution is 0.660. The highest BCUT2D eigenvalue weighted by Gasteiger charge is 2.35. The molecule has 0 N–H and O–H groups in total. The summed E-state index contributed by atoms with van der Waals surface area (Å²) in [7, 11) is 0. The topological polar surface area (TPSA) is 65.0 Å². The molecule has 0 saturated heterocycles. The Kier molecular flexibility index (Phi) is 6.88. The van der Waals surface area contributed by atoms with Crippen LogP contribution in [0, 0.1) is 0 Å². The van der Waals surface area contributed by atoms with Crippen LogP contribution in [-0.4, -0.2) is 15.0 Å². The van der Waals surface area contributed by atoms with E-state index >= 15 is 0 Å². The molecule has 8 aromatic carbocycles. The largest absolute Gasteiger partial charge is 0.456 e. The molecule has 1 aliphatic rings. The molecule has 0 unspecified atom stereocenters. The van der Waals surface area contributed by atoms with Gasteiger partial charge >= 0.3 is 0 Å². The molecular formula is C54H33N3O2S. The van der Waals surface area contributed by atoms with Gasteiger partial charge in [0, 0.05) is 63.8 Å². The van der Waals surface area contributed by atoms with Gasteiger partial charge in [0.05, 0.1) is 0 Å². The Labute approximate surface area is 348 Å². The van der Waals surface area contributed by atoms with Gasteiger partial charge in [0.25, 0.3) is 0 Å². The zero-order valence-corrected chi connectivity index (χ0v) is 33.5. The van der Waals surface area contributed by atoms with Crippen LogP contribution in [0.4, 0.5) is 0 Å². The van der Waals surface area contributed by atoms with Gasteiger partial charge in [-0.2, -0.15) is 0 Å². The first-order valence-corrected chi connectivity index (χ1v) is 21.1. The predicted octanol–water partition coefficient (Wildman–Crippen LogP) is 15.0. The van der Waals surface area contributed by atoms with E-state index in [-0.39, 0.29) is 5.41 Å². The van der Waals surface area contributed by atoms with E-state index in [4.69, 9.17) is 23.8 Å². The number of thiophene rings is 1. The molecule has 0 atom stereocenters. The van der Waals surface area contributed by atoms with Gasteiger partial charge in [-0.05, 0) is 94.0 Å². The minimum atomic E-state index is -0.0492. The molecule has 0 spiro atoms. The van der Waals surface area contributed by atoms with E-state index in [9.17, 15) is 0 Å². The standard InChI is InChI=1S/C54H33N3O2S/c1-54(2)41-16-6-3-11-33(41)38-27-30(21-24-42(38)54)31-22-25-45-40(28-31)49-36(14-9-18-46(49)59-45)52-55-51(32-23-26-44-39(29-32)34-12-4-7-17-43(34)58-44)56-53(57-52)37-15-10-20-48-50(37)35-13-5-8-19-47(35)60-48/h3-29H,1-2H3. The first-order chi connectivity index (χ1) is 29.5. The van der Waals surface area contributed by atoms with Gasteiger partial charge in [0.15, 0.2) is 17.5 Å². The quantitative estimate of drug-likeness (QED) is 0.178. The minimum Gasteiger partial charge on any atom is -0.456 e. The second kappa shape index (κ2) is 12.3. The first kappa shape index (κ1) is 33.6. The highest BCUT2D eigenvalue weighted by molar-refractivity contribution is 7.25.